The number of thiol groups is 1. The number of benzene rings is 1. The van der Waals surface area contributed by atoms with Gasteiger partial charge in [0.25, 0.3) is 0 Å². The Hall–Kier alpha value is -1.35. The van der Waals surface area contributed by atoms with Crippen LogP contribution in [0.15, 0.2) is 30.5 Å². The number of aryl methyl sites for hydroxylation is 2. The van der Waals surface area contributed by atoms with Crippen LogP contribution in [0.5, 0.6) is 0 Å². The molecule has 1 heterocycles. The van der Waals surface area contributed by atoms with Crippen molar-refractivity contribution in [3.8, 4) is 11.3 Å². The van der Waals surface area contributed by atoms with Crippen molar-refractivity contribution in [2.75, 3.05) is 0 Å². The highest BCUT2D eigenvalue weighted by Crippen LogP contribution is 2.22. The van der Waals surface area contributed by atoms with Crippen LogP contribution in [-0.4, -0.2) is 9.97 Å². The predicted octanol–water partition coefficient (Wildman–Crippen LogP) is 3.19. The van der Waals surface area contributed by atoms with E-state index < -0.39 is 0 Å². The summed E-state index contributed by atoms with van der Waals surface area (Å²) in [6.07, 6.45) is 1.78. The maximum atomic E-state index is 4.46. The molecule has 0 amide bonds. The van der Waals surface area contributed by atoms with E-state index in [1.807, 2.05) is 6.07 Å². The van der Waals surface area contributed by atoms with Gasteiger partial charge in [-0.3, -0.25) is 0 Å². The van der Waals surface area contributed by atoms with Gasteiger partial charge in [-0.2, -0.15) is 12.6 Å². The molecule has 3 heteroatoms. The number of aromatic nitrogens is 2. The van der Waals surface area contributed by atoms with Crippen molar-refractivity contribution in [1.82, 2.24) is 9.97 Å². The second-order valence-electron chi connectivity index (χ2n) is 3.83. The molecule has 82 valence electrons. The molecule has 0 aliphatic heterocycles. The third kappa shape index (κ3) is 2.25. The lowest BCUT2D eigenvalue weighted by molar-refractivity contribution is 1.04. The molecule has 1 aromatic heterocycles. The van der Waals surface area contributed by atoms with Crippen LogP contribution in [0.1, 0.15) is 17.0 Å². The fraction of sp³-hybridized carbons (Fsp3) is 0.231. The minimum absolute atomic E-state index is 0.568. The van der Waals surface area contributed by atoms with Crippen LogP contribution >= 0.6 is 12.6 Å². The molecule has 0 atom stereocenters. The lowest BCUT2D eigenvalue weighted by Gasteiger charge is -2.06. The van der Waals surface area contributed by atoms with Crippen LogP contribution in [0, 0.1) is 13.8 Å². The van der Waals surface area contributed by atoms with E-state index in [0.717, 1.165) is 17.1 Å². The largest absolute Gasteiger partial charge is 0.240 e. The maximum Gasteiger partial charge on any atom is 0.138 e. The second-order valence-corrected chi connectivity index (χ2v) is 4.15. The van der Waals surface area contributed by atoms with E-state index >= 15 is 0 Å². The summed E-state index contributed by atoms with van der Waals surface area (Å²) in [5, 5.41) is 0. The molecule has 0 unspecified atom stereocenters. The molecule has 2 nitrogen and oxygen atoms in total. The Kier molecular flexibility index (Phi) is 3.25. The normalized spacial score (nSPS) is 10.4. The third-order valence-electron chi connectivity index (χ3n) is 2.50. The van der Waals surface area contributed by atoms with Gasteiger partial charge in [0.15, 0.2) is 0 Å². The minimum atomic E-state index is 0.568. The molecule has 0 aliphatic carbocycles. The van der Waals surface area contributed by atoms with E-state index in [9.17, 15) is 0 Å². The molecule has 0 spiro atoms. The van der Waals surface area contributed by atoms with Crippen molar-refractivity contribution in [2.45, 2.75) is 19.6 Å². The molecule has 0 N–H and O–H groups in total. The van der Waals surface area contributed by atoms with Gasteiger partial charge in [-0.05, 0) is 25.5 Å². The summed E-state index contributed by atoms with van der Waals surface area (Å²) < 4.78 is 0. The first kappa shape index (κ1) is 11.1. The lowest BCUT2D eigenvalue weighted by Crippen LogP contribution is -1.94. The van der Waals surface area contributed by atoms with Crippen molar-refractivity contribution < 1.29 is 0 Å². The minimum Gasteiger partial charge on any atom is -0.240 e. The molecule has 0 fully saturated rings. The molecular formula is C13H14N2S. The smallest absolute Gasteiger partial charge is 0.138 e. The first-order valence-corrected chi connectivity index (χ1v) is 5.84. The van der Waals surface area contributed by atoms with Gasteiger partial charge in [0.05, 0.1) is 11.4 Å². The highest BCUT2D eigenvalue weighted by molar-refractivity contribution is 7.79. The van der Waals surface area contributed by atoms with Crippen LogP contribution < -0.4 is 0 Å². The molecule has 2 aromatic rings. The van der Waals surface area contributed by atoms with E-state index in [0.29, 0.717) is 5.75 Å². The summed E-state index contributed by atoms with van der Waals surface area (Å²) in [4.78, 5) is 8.61. The summed E-state index contributed by atoms with van der Waals surface area (Å²) in [6.45, 7) is 4.20. The Bertz CT molecular complexity index is 509. The summed E-state index contributed by atoms with van der Waals surface area (Å²) in [5.41, 5.74) is 4.64. The van der Waals surface area contributed by atoms with Crippen LogP contribution in [-0.2, 0) is 5.75 Å². The molecule has 0 aliphatic rings. The summed E-state index contributed by atoms with van der Waals surface area (Å²) >= 11 is 4.19. The highest BCUT2D eigenvalue weighted by Gasteiger charge is 2.04. The lowest BCUT2D eigenvalue weighted by atomic mass is 10.0. The van der Waals surface area contributed by atoms with Gasteiger partial charge < -0.3 is 0 Å². The van der Waals surface area contributed by atoms with Crippen molar-refractivity contribution in [3.63, 3.8) is 0 Å². The molecule has 0 saturated heterocycles. The monoisotopic (exact) mass is 230 g/mol. The van der Waals surface area contributed by atoms with Gasteiger partial charge in [0.1, 0.15) is 5.82 Å². The number of rotatable bonds is 2. The van der Waals surface area contributed by atoms with Gasteiger partial charge in [-0.25, -0.2) is 9.97 Å². The molecule has 16 heavy (non-hydrogen) atoms. The molecule has 2 rings (SSSR count). The fourth-order valence-corrected chi connectivity index (χ4v) is 1.88. The fourth-order valence-electron chi connectivity index (χ4n) is 1.73. The van der Waals surface area contributed by atoms with Gasteiger partial charge in [-0.1, -0.05) is 23.8 Å². The van der Waals surface area contributed by atoms with Crippen molar-refractivity contribution in [2.24, 2.45) is 0 Å². The molecule has 0 radical (unpaired) electrons. The average molecular weight is 230 g/mol. The zero-order chi connectivity index (χ0) is 11.5. The Morgan fingerprint density at radius 2 is 2.00 bits per heavy atom. The predicted molar refractivity (Wildman–Crippen MR) is 69.6 cm³/mol. The van der Waals surface area contributed by atoms with Crippen molar-refractivity contribution in [1.29, 1.82) is 0 Å². The summed E-state index contributed by atoms with van der Waals surface area (Å²) in [7, 11) is 0. The van der Waals surface area contributed by atoms with Crippen LogP contribution in [0.25, 0.3) is 11.3 Å². The van der Waals surface area contributed by atoms with E-state index in [1.54, 1.807) is 6.20 Å². The van der Waals surface area contributed by atoms with E-state index in [2.05, 4.69) is 54.6 Å². The number of nitrogens with zero attached hydrogens (tertiary/aromatic N) is 2. The van der Waals surface area contributed by atoms with Crippen LogP contribution in [0.3, 0.4) is 0 Å². The highest BCUT2D eigenvalue weighted by atomic mass is 32.1. The van der Waals surface area contributed by atoms with Crippen LogP contribution in [0.4, 0.5) is 0 Å². The molecular weight excluding hydrogens is 216 g/mol. The maximum absolute atomic E-state index is 4.46. The Balaban J connectivity index is 2.49. The Morgan fingerprint density at radius 1 is 1.19 bits per heavy atom. The average Bonchev–Trinajstić information content (AvgIpc) is 2.29. The Labute approximate surface area is 101 Å². The van der Waals surface area contributed by atoms with Crippen LogP contribution in [0.2, 0.25) is 0 Å². The second kappa shape index (κ2) is 4.66. The van der Waals surface area contributed by atoms with Crippen molar-refractivity contribution in [3.05, 3.63) is 47.4 Å². The standard InChI is InChI=1S/C13H14N2S/c1-9-3-4-11(10(2)7-9)12-5-6-14-13(8-16)15-12/h3-7,16H,8H2,1-2H3. The topological polar surface area (TPSA) is 25.8 Å². The van der Waals surface area contributed by atoms with E-state index in [-0.39, 0.29) is 0 Å². The number of hydrogen-bond acceptors (Lipinski definition) is 3. The molecule has 0 bridgehead atoms. The summed E-state index contributed by atoms with van der Waals surface area (Å²) in [5.74, 6) is 1.33. The zero-order valence-corrected chi connectivity index (χ0v) is 10.3. The number of hydrogen-bond donors (Lipinski definition) is 1. The summed E-state index contributed by atoms with van der Waals surface area (Å²) in [6, 6.07) is 8.31. The molecule has 1 aromatic carbocycles. The third-order valence-corrected chi connectivity index (χ3v) is 2.79. The van der Waals surface area contributed by atoms with Gasteiger partial charge >= 0.3 is 0 Å². The van der Waals surface area contributed by atoms with Gasteiger partial charge in [0, 0.05) is 11.8 Å². The van der Waals surface area contributed by atoms with Gasteiger partial charge in [0.2, 0.25) is 0 Å². The van der Waals surface area contributed by atoms with Gasteiger partial charge in [-0.15, -0.1) is 0 Å². The zero-order valence-electron chi connectivity index (χ0n) is 9.44. The van der Waals surface area contributed by atoms with E-state index in [1.165, 1.54) is 11.1 Å². The Morgan fingerprint density at radius 3 is 2.69 bits per heavy atom. The first-order chi connectivity index (χ1) is 7.70. The van der Waals surface area contributed by atoms with E-state index in [4.69, 9.17) is 0 Å². The molecule has 0 saturated carbocycles. The quantitative estimate of drug-likeness (QED) is 0.802. The van der Waals surface area contributed by atoms with Crippen molar-refractivity contribution >= 4 is 12.6 Å². The first-order valence-electron chi connectivity index (χ1n) is 5.21. The SMILES string of the molecule is Cc1ccc(-c2ccnc(CS)n2)c(C)c1.